The highest BCUT2D eigenvalue weighted by atomic mass is 127. The zero-order valence-electron chi connectivity index (χ0n) is 13.8. The molecule has 0 unspecified atom stereocenters. The van der Waals surface area contributed by atoms with Crippen LogP contribution in [0.2, 0.25) is 0 Å². The second-order valence-electron chi connectivity index (χ2n) is 5.16. The molecule has 0 saturated carbocycles. The van der Waals surface area contributed by atoms with Gasteiger partial charge in [-0.1, -0.05) is 0 Å². The van der Waals surface area contributed by atoms with Crippen molar-refractivity contribution in [1.82, 2.24) is 15.2 Å². The van der Waals surface area contributed by atoms with E-state index in [-0.39, 0.29) is 11.5 Å². The summed E-state index contributed by atoms with van der Waals surface area (Å²) >= 11 is 1.85. The molecule has 7 nitrogen and oxygen atoms in total. The van der Waals surface area contributed by atoms with Crippen LogP contribution in [-0.4, -0.2) is 35.3 Å². The summed E-state index contributed by atoms with van der Waals surface area (Å²) in [4.78, 5) is 16.5. The number of rotatable bonds is 5. The minimum atomic E-state index is -0.507. The summed E-state index contributed by atoms with van der Waals surface area (Å²) in [6, 6.07) is 9.45. The van der Waals surface area contributed by atoms with Crippen LogP contribution in [0.15, 0.2) is 36.4 Å². The van der Waals surface area contributed by atoms with Gasteiger partial charge in [-0.3, -0.25) is 15.2 Å². The van der Waals surface area contributed by atoms with Crippen molar-refractivity contribution in [3.8, 4) is 22.9 Å². The van der Waals surface area contributed by atoms with Crippen molar-refractivity contribution < 1.29 is 18.7 Å². The Kier molecular flexibility index (Phi) is 5.35. The second kappa shape index (κ2) is 7.68. The number of carbonyl (C=O) groups is 1. The SMILES string of the molecule is COc1ccc(-c2nc(NC(=O)c3ccc(I)c(F)c3)n[nH]2)c(OC)c1. The van der Waals surface area contributed by atoms with Crippen LogP contribution in [0.5, 0.6) is 11.5 Å². The number of amides is 1. The van der Waals surface area contributed by atoms with E-state index in [4.69, 9.17) is 9.47 Å². The zero-order chi connectivity index (χ0) is 18.7. The number of carbonyl (C=O) groups excluding carboxylic acids is 1. The fourth-order valence-corrected chi connectivity index (χ4v) is 2.58. The van der Waals surface area contributed by atoms with E-state index in [1.165, 1.54) is 19.2 Å². The van der Waals surface area contributed by atoms with Gasteiger partial charge in [0.05, 0.1) is 19.8 Å². The molecule has 0 aliphatic heterocycles. The third-order valence-corrected chi connectivity index (χ3v) is 4.43. The molecule has 0 bridgehead atoms. The Hall–Kier alpha value is -2.69. The van der Waals surface area contributed by atoms with Crippen LogP contribution in [0, 0.1) is 9.39 Å². The molecule has 0 spiro atoms. The van der Waals surface area contributed by atoms with Crippen LogP contribution in [0.4, 0.5) is 10.3 Å². The maximum Gasteiger partial charge on any atom is 0.258 e. The molecule has 0 aliphatic rings. The molecule has 0 atom stereocenters. The summed E-state index contributed by atoms with van der Waals surface area (Å²) in [5, 5.41) is 9.23. The topological polar surface area (TPSA) is 89.1 Å². The van der Waals surface area contributed by atoms with Gasteiger partial charge in [-0.2, -0.15) is 4.98 Å². The predicted octanol–water partition coefficient (Wildman–Crippen LogP) is 3.48. The number of halogens is 2. The second-order valence-corrected chi connectivity index (χ2v) is 6.32. The Morgan fingerprint density at radius 3 is 2.69 bits per heavy atom. The molecule has 1 aromatic heterocycles. The van der Waals surface area contributed by atoms with Gasteiger partial charge in [0.15, 0.2) is 5.82 Å². The Balaban J connectivity index is 1.82. The number of anilines is 1. The van der Waals surface area contributed by atoms with Crippen LogP contribution in [0.1, 0.15) is 10.4 Å². The third kappa shape index (κ3) is 3.77. The van der Waals surface area contributed by atoms with Gasteiger partial charge in [0, 0.05) is 15.2 Å². The van der Waals surface area contributed by atoms with E-state index >= 15 is 0 Å². The number of aromatic nitrogens is 3. The number of nitrogens with one attached hydrogen (secondary N) is 2. The number of ether oxygens (including phenoxy) is 2. The molecule has 0 radical (unpaired) electrons. The van der Waals surface area contributed by atoms with Crippen LogP contribution < -0.4 is 14.8 Å². The first-order valence-corrected chi connectivity index (χ1v) is 8.51. The monoisotopic (exact) mass is 468 g/mol. The van der Waals surface area contributed by atoms with Crippen LogP contribution in [0.3, 0.4) is 0 Å². The van der Waals surface area contributed by atoms with Crippen molar-refractivity contribution in [2.24, 2.45) is 0 Å². The summed E-state index contributed by atoms with van der Waals surface area (Å²) in [5.41, 5.74) is 0.831. The first kappa shape index (κ1) is 18.1. The highest BCUT2D eigenvalue weighted by Crippen LogP contribution is 2.31. The minimum absolute atomic E-state index is 0.0711. The van der Waals surface area contributed by atoms with Gasteiger partial charge in [0.1, 0.15) is 17.3 Å². The number of aromatic amines is 1. The lowest BCUT2D eigenvalue weighted by Gasteiger charge is -2.07. The van der Waals surface area contributed by atoms with Crippen molar-refractivity contribution in [2.75, 3.05) is 19.5 Å². The molecule has 3 rings (SSSR count). The normalized spacial score (nSPS) is 10.5. The van der Waals surface area contributed by atoms with Crippen molar-refractivity contribution in [1.29, 1.82) is 0 Å². The lowest BCUT2D eigenvalue weighted by atomic mass is 10.2. The molecule has 2 aromatic carbocycles. The van der Waals surface area contributed by atoms with E-state index in [1.54, 1.807) is 25.3 Å². The van der Waals surface area contributed by atoms with Crippen LogP contribution in [-0.2, 0) is 0 Å². The molecule has 2 N–H and O–H groups in total. The van der Waals surface area contributed by atoms with Crippen LogP contribution in [0.25, 0.3) is 11.4 Å². The van der Waals surface area contributed by atoms with Gasteiger partial charge in [-0.25, -0.2) is 4.39 Å². The van der Waals surface area contributed by atoms with E-state index in [1.807, 2.05) is 22.6 Å². The minimum Gasteiger partial charge on any atom is -0.497 e. The lowest BCUT2D eigenvalue weighted by Crippen LogP contribution is -2.13. The first-order chi connectivity index (χ1) is 12.5. The summed E-state index contributed by atoms with van der Waals surface area (Å²) in [5.74, 6) is 0.692. The molecule has 1 amide bonds. The predicted molar refractivity (Wildman–Crippen MR) is 102 cm³/mol. The Morgan fingerprint density at radius 2 is 2.00 bits per heavy atom. The maximum atomic E-state index is 13.6. The van der Waals surface area contributed by atoms with Gasteiger partial charge >= 0.3 is 0 Å². The Bertz CT molecular complexity index is 961. The van der Waals surface area contributed by atoms with E-state index in [2.05, 4.69) is 20.5 Å². The fraction of sp³-hybridized carbons (Fsp3) is 0.118. The lowest BCUT2D eigenvalue weighted by molar-refractivity contribution is 0.102. The number of hydrogen-bond acceptors (Lipinski definition) is 5. The molecule has 134 valence electrons. The molecule has 0 fully saturated rings. The highest BCUT2D eigenvalue weighted by Gasteiger charge is 2.15. The van der Waals surface area contributed by atoms with Crippen molar-refractivity contribution in [3.63, 3.8) is 0 Å². The number of benzene rings is 2. The first-order valence-electron chi connectivity index (χ1n) is 7.43. The molecule has 0 aliphatic carbocycles. The molecular formula is C17H14FIN4O3. The van der Waals surface area contributed by atoms with E-state index in [9.17, 15) is 9.18 Å². The Labute approximate surface area is 162 Å². The standard InChI is InChI=1S/C17H14FIN4O3/c1-25-10-4-5-11(14(8-10)26-2)15-20-17(23-22-15)21-16(24)9-3-6-13(19)12(18)7-9/h3-8H,1-2H3,(H2,20,21,22,23,24). The van der Waals surface area contributed by atoms with Gasteiger partial charge < -0.3 is 9.47 Å². The molecular weight excluding hydrogens is 454 g/mol. The van der Waals surface area contributed by atoms with Gasteiger partial charge in [0.2, 0.25) is 5.95 Å². The van der Waals surface area contributed by atoms with Gasteiger partial charge in [0.25, 0.3) is 5.91 Å². The molecule has 0 saturated heterocycles. The smallest absolute Gasteiger partial charge is 0.258 e. The summed E-state index contributed by atoms with van der Waals surface area (Å²) in [7, 11) is 3.09. The largest absolute Gasteiger partial charge is 0.497 e. The van der Waals surface area contributed by atoms with Gasteiger partial charge in [-0.05, 0) is 52.9 Å². The average Bonchev–Trinajstić information content (AvgIpc) is 3.11. The van der Waals surface area contributed by atoms with Crippen molar-refractivity contribution in [2.45, 2.75) is 0 Å². The van der Waals surface area contributed by atoms with Crippen LogP contribution >= 0.6 is 22.6 Å². The van der Waals surface area contributed by atoms with E-state index < -0.39 is 11.7 Å². The number of hydrogen-bond donors (Lipinski definition) is 2. The van der Waals surface area contributed by atoms with Crippen molar-refractivity contribution >= 4 is 34.4 Å². The summed E-state index contributed by atoms with van der Waals surface area (Å²) in [6.07, 6.45) is 0. The molecule has 1 heterocycles. The van der Waals surface area contributed by atoms with E-state index in [0.29, 0.717) is 26.5 Å². The zero-order valence-corrected chi connectivity index (χ0v) is 16.0. The van der Waals surface area contributed by atoms with Crippen molar-refractivity contribution in [3.05, 3.63) is 51.3 Å². The Morgan fingerprint density at radius 1 is 1.19 bits per heavy atom. The number of H-pyrrole nitrogens is 1. The number of methoxy groups -OCH3 is 2. The quantitative estimate of drug-likeness (QED) is 0.560. The van der Waals surface area contributed by atoms with Gasteiger partial charge in [-0.15, -0.1) is 5.10 Å². The summed E-state index contributed by atoms with van der Waals surface area (Å²) in [6.45, 7) is 0. The third-order valence-electron chi connectivity index (χ3n) is 3.56. The molecule has 26 heavy (non-hydrogen) atoms. The fourth-order valence-electron chi connectivity index (χ4n) is 2.24. The number of nitrogens with zero attached hydrogens (tertiary/aromatic N) is 2. The van der Waals surface area contributed by atoms with E-state index in [0.717, 1.165) is 6.07 Å². The molecule has 3 aromatic rings. The average molecular weight is 468 g/mol. The maximum absolute atomic E-state index is 13.6. The highest BCUT2D eigenvalue weighted by molar-refractivity contribution is 14.1. The summed E-state index contributed by atoms with van der Waals surface area (Å²) < 4.78 is 24.5. The molecule has 9 heteroatoms.